The SMILES string of the molecule is CC1=C(C)[C@H]2[C@H]3C(=O)N(c4ccccc4)C(=O)[C@H]3[C@@H]1[P+]2(C)c1ccccc1.O=S(=O)([O-])C(F)(F)F. The number of fused-ring (bicyclic) bond motifs is 5. The van der Waals surface area contributed by atoms with Gasteiger partial charge in [0.1, 0.15) is 11.3 Å². The van der Waals surface area contributed by atoms with E-state index in [9.17, 15) is 22.8 Å². The summed E-state index contributed by atoms with van der Waals surface area (Å²) in [6.45, 7) is 6.73. The van der Waals surface area contributed by atoms with Crippen molar-refractivity contribution in [3.05, 3.63) is 71.8 Å². The lowest BCUT2D eigenvalue weighted by Gasteiger charge is -2.28. The van der Waals surface area contributed by atoms with Crippen LogP contribution in [0, 0.1) is 11.8 Å². The molecule has 0 spiro atoms. The lowest BCUT2D eigenvalue weighted by molar-refractivity contribution is -0.122. The Balaban J connectivity index is 0.000000314. The van der Waals surface area contributed by atoms with Crippen molar-refractivity contribution in [2.45, 2.75) is 30.7 Å². The third-order valence-corrected chi connectivity index (χ3v) is 13.1. The van der Waals surface area contributed by atoms with Crippen LogP contribution >= 0.6 is 7.26 Å². The fourth-order valence-corrected chi connectivity index (χ4v) is 11.7. The molecule has 6 nitrogen and oxygen atoms in total. The minimum absolute atomic E-state index is 0.00212. The van der Waals surface area contributed by atoms with Crippen molar-refractivity contribution in [2.75, 3.05) is 11.6 Å². The average molecular weight is 525 g/mol. The van der Waals surface area contributed by atoms with Crippen LogP contribution in [0.1, 0.15) is 13.8 Å². The van der Waals surface area contributed by atoms with E-state index in [1.165, 1.54) is 21.4 Å². The number of anilines is 1. The van der Waals surface area contributed by atoms with Crippen molar-refractivity contribution >= 4 is 40.2 Å². The van der Waals surface area contributed by atoms with Gasteiger partial charge in [-0.25, -0.2) is 13.3 Å². The van der Waals surface area contributed by atoms with E-state index in [0.29, 0.717) is 5.69 Å². The number of amides is 2. The third kappa shape index (κ3) is 3.82. The van der Waals surface area contributed by atoms with Crippen LogP contribution in [0.3, 0.4) is 0 Å². The summed E-state index contributed by atoms with van der Waals surface area (Å²) in [5, 5.41) is 1.34. The molecule has 0 saturated carbocycles. The minimum atomic E-state index is -6.09. The van der Waals surface area contributed by atoms with Crippen molar-refractivity contribution in [3.8, 4) is 0 Å². The highest BCUT2D eigenvalue weighted by molar-refractivity contribution is 7.86. The molecule has 2 aromatic rings. The summed E-state index contributed by atoms with van der Waals surface area (Å²) < 4.78 is 58.9. The second-order valence-electron chi connectivity index (χ2n) is 9.04. The first-order chi connectivity index (χ1) is 16.2. The molecule has 0 aromatic heterocycles. The second-order valence-corrected chi connectivity index (χ2v) is 14.3. The van der Waals surface area contributed by atoms with E-state index in [-0.39, 0.29) is 35.0 Å². The molecule has 2 aromatic carbocycles. The van der Waals surface area contributed by atoms with Crippen LogP contribution in [0.4, 0.5) is 18.9 Å². The van der Waals surface area contributed by atoms with E-state index in [1.807, 2.05) is 36.4 Å². The predicted molar refractivity (Wildman–Crippen MR) is 127 cm³/mol. The number of allylic oxidation sites excluding steroid dienone is 2. The zero-order valence-corrected chi connectivity index (χ0v) is 20.8. The van der Waals surface area contributed by atoms with Gasteiger partial charge in [-0.05, 0) is 49.3 Å². The Labute approximate surface area is 201 Å². The summed E-state index contributed by atoms with van der Waals surface area (Å²) in [4.78, 5) is 28.4. The monoisotopic (exact) mass is 525 g/mol. The topological polar surface area (TPSA) is 94.6 Å². The Morgan fingerprint density at radius 1 is 0.829 bits per heavy atom. The first-order valence-corrected chi connectivity index (χ1v) is 14.5. The number of alkyl halides is 3. The number of benzene rings is 2. The predicted octanol–water partition coefficient (Wildman–Crippen LogP) is 3.92. The molecule has 1 unspecified atom stereocenters. The Morgan fingerprint density at radius 3 is 1.57 bits per heavy atom. The lowest BCUT2D eigenvalue weighted by atomic mass is 9.78. The highest BCUT2D eigenvalue weighted by Crippen LogP contribution is 2.81. The number of hydrogen-bond acceptors (Lipinski definition) is 5. The molecule has 3 aliphatic heterocycles. The summed E-state index contributed by atoms with van der Waals surface area (Å²) in [5.41, 5.74) is -1.86. The molecule has 3 heterocycles. The molecular formula is C24H23F3NO5PS. The van der Waals surface area contributed by atoms with Crippen LogP contribution in [0.15, 0.2) is 71.8 Å². The van der Waals surface area contributed by atoms with Crippen LogP contribution in [0.5, 0.6) is 0 Å². The first kappa shape index (κ1) is 25.5. The van der Waals surface area contributed by atoms with Gasteiger partial charge in [-0.15, -0.1) is 0 Å². The fourth-order valence-electron chi connectivity index (χ4n) is 5.93. The van der Waals surface area contributed by atoms with E-state index in [2.05, 4.69) is 44.8 Å². The van der Waals surface area contributed by atoms with Crippen LogP contribution in [0.2, 0.25) is 0 Å². The highest BCUT2D eigenvalue weighted by atomic mass is 32.2. The average Bonchev–Trinajstić information content (AvgIpc) is 3.29. The van der Waals surface area contributed by atoms with E-state index >= 15 is 0 Å². The molecule has 3 aliphatic rings. The summed E-state index contributed by atoms with van der Waals surface area (Å²) >= 11 is 0. The zero-order valence-electron chi connectivity index (χ0n) is 19.1. The molecule has 5 rings (SSSR count). The molecule has 186 valence electrons. The smallest absolute Gasteiger partial charge is 0.485 e. The fraction of sp³-hybridized carbons (Fsp3) is 0.333. The van der Waals surface area contributed by atoms with Crippen LogP contribution < -0.4 is 10.2 Å². The third-order valence-electron chi connectivity index (χ3n) is 7.35. The maximum Gasteiger partial charge on any atom is 0.485 e. The normalized spacial score (nSPS) is 29.9. The minimum Gasteiger partial charge on any atom is -0.741 e. The Hall–Kier alpha value is -2.55. The molecule has 11 heteroatoms. The molecular weight excluding hydrogens is 502 g/mol. The highest BCUT2D eigenvalue weighted by Gasteiger charge is 2.76. The molecule has 2 fully saturated rings. The van der Waals surface area contributed by atoms with Gasteiger partial charge in [0, 0.05) is 0 Å². The van der Waals surface area contributed by atoms with Gasteiger partial charge in [-0.3, -0.25) is 9.59 Å². The van der Waals surface area contributed by atoms with Crippen molar-refractivity contribution in [3.63, 3.8) is 0 Å². The van der Waals surface area contributed by atoms with Gasteiger partial charge < -0.3 is 4.55 Å². The standard InChI is InChI=1S/C23H23NO2P.CHF3O3S/c1-14-15(2)21-19-18(20(14)27(21,3)17-12-8-5-9-13-17)22(25)24(23(19)26)16-10-6-4-7-11-16;2-1(3,4)8(5,6)7/h4-13,18-21H,1-3H3;(H,5,6,7)/q+1;/p-1/t18-,19+,20-,21+,27?;. The molecule has 5 atom stereocenters. The second kappa shape index (κ2) is 8.54. The van der Waals surface area contributed by atoms with Crippen molar-refractivity contribution < 1.29 is 35.7 Å². The van der Waals surface area contributed by atoms with Gasteiger partial charge in [0.05, 0.1) is 36.8 Å². The summed E-state index contributed by atoms with van der Waals surface area (Å²) in [7, 11) is -7.76. The van der Waals surface area contributed by atoms with E-state index in [0.717, 1.165) is 0 Å². The van der Waals surface area contributed by atoms with Crippen molar-refractivity contribution in [1.82, 2.24) is 0 Å². The Kier molecular flexibility index (Phi) is 6.23. The number of carbonyl (C=O) groups is 2. The van der Waals surface area contributed by atoms with Crippen LogP contribution in [-0.2, 0) is 19.7 Å². The number of carbonyl (C=O) groups excluding carboxylic acids is 2. The number of para-hydroxylation sites is 1. The van der Waals surface area contributed by atoms with Crippen molar-refractivity contribution in [2.24, 2.45) is 11.8 Å². The Bertz CT molecular complexity index is 1270. The number of rotatable bonds is 2. The molecule has 0 N–H and O–H groups in total. The molecule has 0 aliphatic carbocycles. The van der Waals surface area contributed by atoms with E-state index < -0.39 is 22.9 Å². The van der Waals surface area contributed by atoms with Crippen LogP contribution in [0.25, 0.3) is 0 Å². The number of halogens is 3. The number of hydrogen-bond donors (Lipinski definition) is 0. The van der Waals surface area contributed by atoms with Crippen LogP contribution in [-0.4, -0.2) is 48.3 Å². The quantitative estimate of drug-likeness (QED) is 0.195. The first-order valence-electron chi connectivity index (χ1n) is 10.8. The molecule has 2 bridgehead atoms. The summed E-state index contributed by atoms with van der Waals surface area (Å²) in [6.07, 6.45) is 0. The van der Waals surface area contributed by atoms with Gasteiger partial charge >= 0.3 is 5.51 Å². The number of nitrogens with zero attached hydrogens (tertiary/aromatic N) is 1. The van der Waals surface area contributed by atoms with Gasteiger partial charge in [0.15, 0.2) is 10.1 Å². The molecule has 0 radical (unpaired) electrons. The summed E-state index contributed by atoms with van der Waals surface area (Å²) in [5.74, 6) is -0.412. The van der Waals surface area contributed by atoms with Gasteiger partial charge in [0.25, 0.3) is 0 Å². The molecule has 2 amide bonds. The van der Waals surface area contributed by atoms with Gasteiger partial charge in [-0.1, -0.05) is 36.4 Å². The van der Waals surface area contributed by atoms with Gasteiger partial charge in [0.2, 0.25) is 11.8 Å². The molecule has 35 heavy (non-hydrogen) atoms. The number of imide groups is 1. The largest absolute Gasteiger partial charge is 0.741 e. The Morgan fingerprint density at radius 2 is 1.20 bits per heavy atom. The van der Waals surface area contributed by atoms with Crippen molar-refractivity contribution in [1.29, 1.82) is 0 Å². The van der Waals surface area contributed by atoms with E-state index in [1.54, 1.807) is 0 Å². The molecule has 2 saturated heterocycles. The maximum atomic E-state index is 13.5. The maximum absolute atomic E-state index is 13.5. The van der Waals surface area contributed by atoms with Gasteiger partial charge in [-0.2, -0.15) is 13.2 Å². The van der Waals surface area contributed by atoms with E-state index in [4.69, 9.17) is 13.0 Å². The zero-order chi connectivity index (χ0) is 25.9. The summed E-state index contributed by atoms with van der Waals surface area (Å²) in [6, 6.07) is 20.0. The lowest BCUT2D eigenvalue weighted by Crippen LogP contribution is -2.36.